The van der Waals surface area contributed by atoms with E-state index >= 15 is 0 Å². The second kappa shape index (κ2) is 17.1. The Hall–Kier alpha value is -3.54. The normalized spacial score (nSPS) is 11.8. The standard InChI is InChI=1S/C17H13N.C12H9Br.C5H4N.3C4H9.Sn/c1-2-7-14(8-3-1)15-9-6-10-16(13-15)17-11-4-5-12-18-17;13-12-8-4-7-11(9-12)10-5-2-1-3-6-10;1-2-4-6-5-3-1;3*1-4(2)3;/h1-13H;1-9H;1-4H;3*1-3H3;. The van der Waals surface area contributed by atoms with Gasteiger partial charge in [-0.15, -0.1) is 0 Å². The Balaban J connectivity index is 0.000000171. The van der Waals surface area contributed by atoms with Crippen molar-refractivity contribution in [1.29, 1.82) is 0 Å². The van der Waals surface area contributed by atoms with Crippen molar-refractivity contribution in [3.8, 4) is 33.5 Å². The van der Waals surface area contributed by atoms with Gasteiger partial charge in [0, 0.05) is 16.2 Å². The summed E-state index contributed by atoms with van der Waals surface area (Å²) in [5.41, 5.74) is 7.11. The summed E-state index contributed by atoms with van der Waals surface area (Å²) in [5.74, 6) is 0. The van der Waals surface area contributed by atoms with Crippen LogP contribution in [0.1, 0.15) is 62.3 Å². The Morgan fingerprint density at radius 2 is 0.820 bits per heavy atom. The molecule has 0 saturated carbocycles. The molecule has 0 amide bonds. The van der Waals surface area contributed by atoms with Crippen LogP contribution in [0.25, 0.3) is 33.5 Å². The molecule has 0 bridgehead atoms. The number of aromatic nitrogens is 2. The molecule has 2 nitrogen and oxygen atoms in total. The summed E-state index contributed by atoms with van der Waals surface area (Å²) in [4.78, 5) is 9.23. The van der Waals surface area contributed by atoms with Gasteiger partial charge in [-0.05, 0) is 52.6 Å². The minimum absolute atomic E-state index is 0.333. The van der Waals surface area contributed by atoms with Crippen LogP contribution in [0.15, 0.2) is 162 Å². The molecule has 0 aliphatic carbocycles. The Kier molecular flexibility index (Phi) is 13.4. The molecule has 0 fully saturated rings. The molecule has 2 aromatic heterocycles. The van der Waals surface area contributed by atoms with Crippen molar-refractivity contribution in [3.63, 3.8) is 0 Å². The van der Waals surface area contributed by atoms with E-state index in [-0.39, 0.29) is 0 Å². The molecule has 258 valence electrons. The fourth-order valence-corrected chi connectivity index (χ4v) is 36.4. The van der Waals surface area contributed by atoms with Gasteiger partial charge < -0.3 is 0 Å². The molecule has 0 radical (unpaired) electrons. The van der Waals surface area contributed by atoms with Crippen LogP contribution in [0.3, 0.4) is 0 Å². The zero-order valence-electron chi connectivity index (χ0n) is 31.3. The van der Waals surface area contributed by atoms with Crippen molar-refractivity contribution in [1.82, 2.24) is 9.97 Å². The van der Waals surface area contributed by atoms with Crippen LogP contribution < -0.4 is 3.71 Å². The minimum atomic E-state index is -2.85. The third kappa shape index (κ3) is 9.61. The van der Waals surface area contributed by atoms with Crippen LogP contribution in [0.2, 0.25) is 10.3 Å². The minimum Gasteiger partial charge on any atom is -0.256 e. The van der Waals surface area contributed by atoms with E-state index in [1.807, 2.05) is 60.9 Å². The fourth-order valence-electron chi connectivity index (χ4n) is 8.43. The summed E-state index contributed by atoms with van der Waals surface area (Å²) in [6.45, 7) is 21.9. The average Bonchev–Trinajstić information content (AvgIpc) is 3.09. The molecule has 0 unspecified atom stereocenters. The van der Waals surface area contributed by atoms with E-state index in [1.165, 1.54) is 26.0 Å². The monoisotopic (exact) mass is 832 g/mol. The molecule has 0 aliphatic heterocycles. The summed E-state index contributed by atoms with van der Waals surface area (Å²) < 4.78 is 3.54. The Bertz CT molecular complexity index is 1800. The Morgan fingerprint density at radius 1 is 0.400 bits per heavy atom. The summed E-state index contributed by atoms with van der Waals surface area (Å²) >= 11 is 0.608. The zero-order chi connectivity index (χ0) is 36.4. The number of pyridine rings is 2. The molecule has 0 aliphatic rings. The quantitative estimate of drug-likeness (QED) is 0.165. The molecule has 4 aromatic carbocycles. The summed E-state index contributed by atoms with van der Waals surface area (Å²) in [6.07, 6.45) is 3.80. The third-order valence-corrected chi connectivity index (χ3v) is 32.1. The number of hydrogen-bond acceptors (Lipinski definition) is 2. The third-order valence-electron chi connectivity index (χ3n) is 9.29. The molecule has 0 atom stereocenters. The summed E-state index contributed by atoms with van der Waals surface area (Å²) in [5, 5.41) is 0. The molecule has 6 aromatic rings. The smallest absolute Gasteiger partial charge is 0.0702 e. The first kappa shape index (κ1) is 39.2. The topological polar surface area (TPSA) is 25.8 Å². The van der Waals surface area contributed by atoms with E-state index in [0.717, 1.165) is 15.7 Å². The van der Waals surface area contributed by atoms with Crippen LogP contribution in [-0.4, -0.2) is 28.3 Å². The first-order valence-electron chi connectivity index (χ1n) is 17.4. The van der Waals surface area contributed by atoms with Gasteiger partial charge >= 0.3 is 124 Å². The predicted molar refractivity (Wildman–Crippen MR) is 223 cm³/mol. The first-order valence-corrected chi connectivity index (χ1v) is 23.9. The summed E-state index contributed by atoms with van der Waals surface area (Å²) in [7, 11) is 0. The number of rotatable bonds is 4. The largest absolute Gasteiger partial charge is 0.256 e. The van der Waals surface area contributed by atoms with Crippen molar-refractivity contribution in [2.45, 2.75) is 72.6 Å². The van der Waals surface area contributed by atoms with Gasteiger partial charge in [-0.25, -0.2) is 0 Å². The molecule has 0 saturated heterocycles. The van der Waals surface area contributed by atoms with Gasteiger partial charge in [0.1, 0.15) is 0 Å². The van der Waals surface area contributed by atoms with E-state index in [2.05, 4.69) is 180 Å². The van der Waals surface area contributed by atoms with Crippen molar-refractivity contribution in [3.05, 3.63) is 162 Å². The second-order valence-electron chi connectivity index (χ2n) is 15.8. The molecular weight excluding hydrogens is 779 g/mol. The maximum absolute atomic E-state index is 4.84. The maximum atomic E-state index is 4.84. The van der Waals surface area contributed by atoms with Gasteiger partial charge in [0.05, 0.1) is 5.69 Å². The van der Waals surface area contributed by atoms with Crippen molar-refractivity contribution >= 4 is 38.0 Å². The van der Waals surface area contributed by atoms with Gasteiger partial charge in [-0.1, -0.05) is 113 Å². The van der Waals surface area contributed by atoms with Crippen LogP contribution in [0.5, 0.6) is 0 Å². The van der Waals surface area contributed by atoms with Crippen molar-refractivity contribution in [2.24, 2.45) is 0 Å². The van der Waals surface area contributed by atoms with Gasteiger partial charge in [0.15, 0.2) is 0 Å². The molecule has 50 heavy (non-hydrogen) atoms. The van der Waals surface area contributed by atoms with Crippen molar-refractivity contribution in [2.75, 3.05) is 0 Å². The number of benzene rings is 4. The predicted octanol–water partition coefficient (Wildman–Crippen LogP) is 13.7. The molecule has 0 spiro atoms. The molecule has 6 rings (SSSR count). The van der Waals surface area contributed by atoms with E-state index in [0.29, 0.717) is 10.3 Å². The number of halogens is 1. The molecule has 4 heteroatoms. The van der Waals surface area contributed by atoms with Crippen LogP contribution in [-0.2, 0) is 0 Å². The zero-order valence-corrected chi connectivity index (χ0v) is 35.7. The number of nitrogens with zero attached hydrogens (tertiary/aromatic N) is 2. The van der Waals surface area contributed by atoms with Gasteiger partial charge in [-0.2, -0.15) is 0 Å². The molecular formula is C46H53BrN2Sn. The van der Waals surface area contributed by atoms with E-state index in [1.54, 1.807) is 0 Å². The Labute approximate surface area is 314 Å². The summed E-state index contributed by atoms with van der Waals surface area (Å²) in [6, 6.07) is 50.0. The van der Waals surface area contributed by atoms with E-state index in [4.69, 9.17) is 4.98 Å². The van der Waals surface area contributed by atoms with E-state index in [9.17, 15) is 0 Å². The fraction of sp³-hybridized carbons (Fsp3) is 0.261. The number of hydrogen-bond donors (Lipinski definition) is 0. The SMILES string of the molecule is Brc1cccc(-c2ccccc2)c1.C[C](C)(C)[Sn]([c]1ccccn1)([C](C)(C)C)[C](C)(C)C.c1ccc(-c2cccc(-c3ccccn3)c2)cc1. The van der Waals surface area contributed by atoms with Crippen LogP contribution in [0, 0.1) is 0 Å². The van der Waals surface area contributed by atoms with E-state index < -0.39 is 18.4 Å². The van der Waals surface area contributed by atoms with Gasteiger partial charge in [0.2, 0.25) is 0 Å². The van der Waals surface area contributed by atoms with Gasteiger partial charge in [0.25, 0.3) is 0 Å². The van der Waals surface area contributed by atoms with Crippen LogP contribution >= 0.6 is 15.9 Å². The second-order valence-corrected chi connectivity index (χ2v) is 35.3. The van der Waals surface area contributed by atoms with Crippen LogP contribution in [0.4, 0.5) is 0 Å². The van der Waals surface area contributed by atoms with Gasteiger partial charge in [-0.3, -0.25) is 4.98 Å². The van der Waals surface area contributed by atoms with Crippen molar-refractivity contribution < 1.29 is 0 Å². The molecule has 2 heterocycles. The first-order chi connectivity index (χ1) is 23.6. The Morgan fingerprint density at radius 3 is 1.26 bits per heavy atom. The average molecular weight is 833 g/mol. The maximum Gasteiger partial charge on any atom is 0.0702 e. The molecule has 0 N–H and O–H groups in total.